The quantitative estimate of drug-likeness (QED) is 0.704. The summed E-state index contributed by atoms with van der Waals surface area (Å²) < 4.78 is 11.3. The first-order valence-corrected chi connectivity index (χ1v) is 10.3. The molecule has 5 heteroatoms. The maximum Gasteiger partial charge on any atom is 0.253 e. The van der Waals surface area contributed by atoms with E-state index in [0.29, 0.717) is 13.2 Å². The largest absolute Gasteiger partial charge is 0.488 e. The third-order valence-corrected chi connectivity index (χ3v) is 4.83. The first-order chi connectivity index (χ1) is 13.8. The summed E-state index contributed by atoms with van der Waals surface area (Å²) in [5.74, 6) is 0.821. The monoisotopic (exact) mass is 396 g/mol. The highest BCUT2D eigenvalue weighted by molar-refractivity contribution is 5.94. The molecule has 0 saturated carbocycles. The Morgan fingerprint density at radius 3 is 2.62 bits per heavy atom. The van der Waals surface area contributed by atoms with Crippen LogP contribution in [0.2, 0.25) is 0 Å². The van der Waals surface area contributed by atoms with Crippen LogP contribution >= 0.6 is 0 Å². The van der Waals surface area contributed by atoms with Gasteiger partial charge < -0.3 is 20.1 Å². The summed E-state index contributed by atoms with van der Waals surface area (Å²) in [7, 11) is 0. The van der Waals surface area contributed by atoms with Gasteiger partial charge in [-0.1, -0.05) is 24.3 Å². The van der Waals surface area contributed by atoms with Crippen molar-refractivity contribution in [2.45, 2.75) is 64.8 Å². The van der Waals surface area contributed by atoms with Crippen molar-refractivity contribution in [1.82, 2.24) is 5.32 Å². The Balaban J connectivity index is 1.53. The number of anilines is 1. The molecule has 2 N–H and O–H groups in total. The number of carbonyl (C=O) groups excluding carboxylic acids is 1. The van der Waals surface area contributed by atoms with Gasteiger partial charge in [-0.15, -0.1) is 0 Å². The van der Waals surface area contributed by atoms with E-state index in [1.54, 1.807) is 0 Å². The molecule has 5 nitrogen and oxygen atoms in total. The standard InChI is InChI=1S/C24H32N2O3/c1-17(19-10-12-21(13-11-19)29-24(2,3)4)25-16-18-7-5-8-20(15-18)26-23(27)22-9-6-14-28-22/h5,7-8,10-13,15,17,22,25H,6,9,14,16H2,1-4H3,(H,26,27)/t17-,22-/m0/s1. The first kappa shape index (κ1) is 21.3. The third-order valence-electron chi connectivity index (χ3n) is 4.83. The molecule has 0 unspecified atom stereocenters. The maximum atomic E-state index is 12.2. The van der Waals surface area contributed by atoms with Gasteiger partial charge >= 0.3 is 0 Å². The second kappa shape index (κ2) is 9.42. The van der Waals surface area contributed by atoms with Gasteiger partial charge in [0.2, 0.25) is 0 Å². The average Bonchev–Trinajstić information content (AvgIpc) is 3.21. The zero-order valence-electron chi connectivity index (χ0n) is 17.8. The normalized spacial score (nSPS) is 17.7. The van der Waals surface area contributed by atoms with E-state index in [2.05, 4.69) is 35.8 Å². The van der Waals surface area contributed by atoms with E-state index in [4.69, 9.17) is 9.47 Å². The molecule has 1 aliphatic heterocycles. The van der Waals surface area contributed by atoms with Crippen LogP contribution in [0, 0.1) is 0 Å². The molecule has 2 aromatic rings. The molecule has 2 aromatic carbocycles. The lowest BCUT2D eigenvalue weighted by Crippen LogP contribution is -2.27. The molecule has 0 aliphatic carbocycles. The van der Waals surface area contributed by atoms with Crippen LogP contribution in [0.5, 0.6) is 5.75 Å². The van der Waals surface area contributed by atoms with E-state index in [9.17, 15) is 4.79 Å². The van der Waals surface area contributed by atoms with Gasteiger partial charge in [-0.2, -0.15) is 0 Å². The topological polar surface area (TPSA) is 59.6 Å². The van der Waals surface area contributed by atoms with E-state index < -0.39 is 0 Å². The van der Waals surface area contributed by atoms with Crippen LogP contribution in [0.1, 0.15) is 57.7 Å². The Morgan fingerprint density at radius 1 is 1.21 bits per heavy atom. The molecular weight excluding hydrogens is 364 g/mol. The number of nitrogens with one attached hydrogen (secondary N) is 2. The summed E-state index contributed by atoms with van der Waals surface area (Å²) in [5.41, 5.74) is 2.93. The molecule has 0 aromatic heterocycles. The molecule has 3 rings (SSSR count). The van der Waals surface area contributed by atoms with Crippen molar-refractivity contribution in [2.75, 3.05) is 11.9 Å². The van der Waals surface area contributed by atoms with Gasteiger partial charge in [0, 0.05) is 24.9 Å². The summed E-state index contributed by atoms with van der Waals surface area (Å²) in [6.45, 7) is 9.66. The van der Waals surface area contributed by atoms with Gasteiger partial charge in [-0.05, 0) is 75.9 Å². The fourth-order valence-corrected chi connectivity index (χ4v) is 3.33. The number of rotatable bonds is 7. The lowest BCUT2D eigenvalue weighted by molar-refractivity contribution is -0.124. The molecule has 2 atom stereocenters. The van der Waals surface area contributed by atoms with Crippen LogP contribution < -0.4 is 15.4 Å². The number of carbonyl (C=O) groups is 1. The number of hydrogen-bond acceptors (Lipinski definition) is 4. The zero-order valence-corrected chi connectivity index (χ0v) is 17.8. The van der Waals surface area contributed by atoms with Crippen molar-refractivity contribution < 1.29 is 14.3 Å². The minimum atomic E-state index is -0.318. The summed E-state index contributed by atoms with van der Waals surface area (Å²) in [5, 5.41) is 6.50. The second-order valence-corrected chi connectivity index (χ2v) is 8.58. The molecule has 1 amide bonds. The lowest BCUT2D eigenvalue weighted by atomic mass is 10.1. The van der Waals surface area contributed by atoms with Crippen LogP contribution in [0.4, 0.5) is 5.69 Å². The highest BCUT2D eigenvalue weighted by atomic mass is 16.5. The van der Waals surface area contributed by atoms with E-state index in [0.717, 1.165) is 29.8 Å². The minimum absolute atomic E-state index is 0.0569. The Bertz CT molecular complexity index is 806. The van der Waals surface area contributed by atoms with Gasteiger partial charge in [0.1, 0.15) is 17.5 Å². The number of hydrogen-bond donors (Lipinski definition) is 2. The molecule has 0 radical (unpaired) electrons. The van der Waals surface area contributed by atoms with Gasteiger partial charge in [-0.3, -0.25) is 4.79 Å². The predicted octanol–water partition coefficient (Wildman–Crippen LogP) is 4.83. The number of benzene rings is 2. The molecule has 29 heavy (non-hydrogen) atoms. The van der Waals surface area contributed by atoms with Crippen molar-refractivity contribution in [3.8, 4) is 5.75 Å². The molecule has 156 valence electrons. The van der Waals surface area contributed by atoms with Gasteiger partial charge in [0.15, 0.2) is 0 Å². The minimum Gasteiger partial charge on any atom is -0.488 e. The number of ether oxygens (including phenoxy) is 2. The lowest BCUT2D eigenvalue weighted by Gasteiger charge is -2.22. The number of amides is 1. The maximum absolute atomic E-state index is 12.2. The van der Waals surface area contributed by atoms with Gasteiger partial charge in [0.25, 0.3) is 5.91 Å². The van der Waals surface area contributed by atoms with Crippen LogP contribution in [0.25, 0.3) is 0 Å². The van der Waals surface area contributed by atoms with Crippen molar-refractivity contribution >= 4 is 11.6 Å². The summed E-state index contributed by atoms with van der Waals surface area (Å²) in [6.07, 6.45) is 1.43. The van der Waals surface area contributed by atoms with Crippen molar-refractivity contribution in [1.29, 1.82) is 0 Å². The van der Waals surface area contributed by atoms with Crippen LogP contribution in [0.3, 0.4) is 0 Å². The smallest absolute Gasteiger partial charge is 0.253 e. The van der Waals surface area contributed by atoms with Crippen LogP contribution in [-0.2, 0) is 16.1 Å². The molecular formula is C24H32N2O3. The summed E-state index contributed by atoms with van der Waals surface area (Å²) >= 11 is 0. The van der Waals surface area contributed by atoms with Gasteiger partial charge in [-0.25, -0.2) is 0 Å². The van der Waals surface area contributed by atoms with E-state index >= 15 is 0 Å². The molecule has 1 heterocycles. The second-order valence-electron chi connectivity index (χ2n) is 8.58. The molecule has 1 aliphatic rings. The fraction of sp³-hybridized carbons (Fsp3) is 0.458. The average molecular weight is 397 g/mol. The highest BCUT2D eigenvalue weighted by Gasteiger charge is 2.23. The molecule has 0 spiro atoms. The van der Waals surface area contributed by atoms with E-state index in [-0.39, 0.29) is 23.7 Å². The highest BCUT2D eigenvalue weighted by Crippen LogP contribution is 2.22. The first-order valence-electron chi connectivity index (χ1n) is 10.3. The Labute approximate surface area is 173 Å². The van der Waals surface area contributed by atoms with E-state index in [1.165, 1.54) is 5.56 Å². The van der Waals surface area contributed by atoms with E-state index in [1.807, 2.05) is 51.1 Å². The SMILES string of the molecule is C[C@H](NCc1cccc(NC(=O)[C@@H]2CCCO2)c1)c1ccc(OC(C)(C)C)cc1. The predicted molar refractivity (Wildman–Crippen MR) is 116 cm³/mol. The van der Waals surface area contributed by atoms with Crippen LogP contribution in [-0.4, -0.2) is 24.2 Å². The molecule has 1 saturated heterocycles. The van der Waals surface area contributed by atoms with Crippen LogP contribution in [0.15, 0.2) is 48.5 Å². The molecule has 0 bridgehead atoms. The summed E-state index contributed by atoms with van der Waals surface area (Å²) in [6, 6.07) is 16.4. The van der Waals surface area contributed by atoms with Crippen molar-refractivity contribution in [2.24, 2.45) is 0 Å². The van der Waals surface area contributed by atoms with Gasteiger partial charge in [0.05, 0.1) is 0 Å². The Kier molecular flexibility index (Phi) is 6.93. The zero-order chi connectivity index (χ0) is 20.9. The van der Waals surface area contributed by atoms with Crippen molar-refractivity contribution in [3.05, 3.63) is 59.7 Å². The Morgan fingerprint density at radius 2 is 1.97 bits per heavy atom. The summed E-state index contributed by atoms with van der Waals surface area (Å²) in [4.78, 5) is 12.2. The fourth-order valence-electron chi connectivity index (χ4n) is 3.33. The third kappa shape index (κ3) is 6.58. The molecule has 1 fully saturated rings. The van der Waals surface area contributed by atoms with Crippen molar-refractivity contribution in [3.63, 3.8) is 0 Å². The Hall–Kier alpha value is -2.37.